The molecule has 54 heavy (non-hydrogen) atoms. The quantitative estimate of drug-likeness (QED) is 0.269. The molecule has 10 nitrogen and oxygen atoms in total. The molecule has 4 heterocycles. The number of benzene rings is 2. The van der Waals surface area contributed by atoms with Crippen molar-refractivity contribution in [2.24, 2.45) is 22.1 Å². The third-order valence-corrected chi connectivity index (χ3v) is 13.8. The number of amides is 2. The largest absolute Gasteiger partial charge is 0.491 e. The predicted octanol–water partition coefficient (Wildman–Crippen LogP) is 7.80. The highest BCUT2D eigenvalue weighted by molar-refractivity contribution is 7.92. The molecule has 2 amide bonds. The Morgan fingerprint density at radius 2 is 1.91 bits per heavy atom. The van der Waals surface area contributed by atoms with Crippen LogP contribution in [0.25, 0.3) is 0 Å². The maximum atomic E-state index is 14.8. The van der Waals surface area contributed by atoms with Crippen LogP contribution in [-0.2, 0) is 45.3 Å². The number of rotatable bonds is 4. The molecule has 4 aliphatic rings. The summed E-state index contributed by atoms with van der Waals surface area (Å²) < 4.78 is 42.1. The van der Waals surface area contributed by atoms with Gasteiger partial charge in [0, 0.05) is 62.8 Å². The molecule has 12 heteroatoms. The molecule has 2 bridgehead atoms. The number of aryl methyl sites for hydroxylation is 2. The van der Waals surface area contributed by atoms with Crippen LogP contribution in [0.5, 0.6) is 5.75 Å². The van der Waals surface area contributed by atoms with Crippen LogP contribution in [0.3, 0.4) is 0 Å². The molecule has 2 unspecified atom stereocenters. The number of carbonyl (C=O) groups is 2. The van der Waals surface area contributed by atoms with Gasteiger partial charge in [0.05, 0.1) is 35.8 Å². The number of carbonyl (C=O) groups excluding carboxylic acids is 2. The number of fused-ring (bicyclic) bond motifs is 4. The molecule has 3 aliphatic heterocycles. The van der Waals surface area contributed by atoms with Gasteiger partial charge in [-0.2, -0.15) is 0 Å². The van der Waals surface area contributed by atoms with Gasteiger partial charge in [0.25, 0.3) is 11.8 Å². The Morgan fingerprint density at radius 3 is 2.70 bits per heavy atom. The van der Waals surface area contributed by atoms with Crippen LogP contribution >= 0.6 is 11.6 Å². The molecule has 1 aromatic heterocycles. The van der Waals surface area contributed by atoms with Crippen LogP contribution in [0, 0.1) is 17.8 Å². The summed E-state index contributed by atoms with van der Waals surface area (Å²) in [5, 5.41) is 0.716. The van der Waals surface area contributed by atoms with Crippen molar-refractivity contribution in [3.63, 3.8) is 0 Å². The molecule has 0 saturated heterocycles. The van der Waals surface area contributed by atoms with Crippen LogP contribution < -0.4 is 14.4 Å². The van der Waals surface area contributed by atoms with Gasteiger partial charge < -0.3 is 23.7 Å². The topological polar surface area (TPSA) is 111 Å². The summed E-state index contributed by atoms with van der Waals surface area (Å²) in [7, 11) is -0.0786. The van der Waals surface area contributed by atoms with Gasteiger partial charge in [-0.15, -0.1) is 4.36 Å². The second-order valence-corrected chi connectivity index (χ2v) is 17.9. The standard InChI is InChI=1S/C42H53ClN4O6S/c1-28-8-6-11-39(52-3)37-16-13-32(37)25-47-24-31-12-15-34(43)20-29(31)9-4-5-19-53-40-17-14-30(22-38(40)47)41(48)44-54(50,27-28)45-42(49)33-21-35-23-36(51-2)10-7-18-46(35)26-33/h6,11-12,14-15,17,20-22,26,28,32,36-37,39H,4-5,7-10,13,16,18-19,23-25,27H2,1-3H3,(H,44,45,48,49,50)/b11-6+/t28-,32-,36?,37+,39-,54?/m0/s1. The molecule has 1 aliphatic carbocycles. The minimum atomic E-state index is -3.55. The average molecular weight is 777 g/mol. The summed E-state index contributed by atoms with van der Waals surface area (Å²) >= 11 is 6.49. The third-order valence-electron chi connectivity index (χ3n) is 11.6. The van der Waals surface area contributed by atoms with E-state index >= 15 is 0 Å². The molecule has 0 radical (unpaired) electrons. The van der Waals surface area contributed by atoms with Crippen LogP contribution in [0.4, 0.5) is 5.69 Å². The number of halogens is 1. The van der Waals surface area contributed by atoms with E-state index in [0.717, 1.165) is 69.4 Å². The van der Waals surface area contributed by atoms with Crippen molar-refractivity contribution in [3.05, 3.63) is 93.8 Å². The van der Waals surface area contributed by atoms with Crippen molar-refractivity contribution in [1.82, 2.24) is 9.29 Å². The molecule has 1 N–H and O–H groups in total. The number of methoxy groups -OCH3 is 2. The lowest BCUT2D eigenvalue weighted by molar-refractivity contribution is 0.0133. The Balaban J connectivity index is 1.28. The van der Waals surface area contributed by atoms with E-state index in [0.29, 0.717) is 54.2 Å². The molecular weight excluding hydrogens is 724 g/mol. The van der Waals surface area contributed by atoms with Gasteiger partial charge in [-0.05, 0) is 117 Å². The van der Waals surface area contributed by atoms with Crippen LogP contribution in [0.15, 0.2) is 65.2 Å². The number of allylic oxidation sites excluding steroid dienone is 1. The Labute approximate surface area is 324 Å². The number of aromatic nitrogens is 1. The fourth-order valence-electron chi connectivity index (χ4n) is 8.46. The SMILES string of the molecule is COC1CCCn2cc(C(=O)NS3(=O)=NC(=O)c4ccc5c(c4)N(Cc4ccc(Cl)cc4CCCCO5)C[C@@H]4CC[C@H]4[C@@H](OC)/C=C/C[C@H](C)C3)cc2C1. The summed E-state index contributed by atoms with van der Waals surface area (Å²) in [4.78, 5) is 30.3. The maximum absolute atomic E-state index is 14.8. The highest BCUT2D eigenvalue weighted by Crippen LogP contribution is 2.42. The van der Waals surface area contributed by atoms with E-state index < -0.39 is 21.7 Å². The maximum Gasteiger partial charge on any atom is 0.286 e. The highest BCUT2D eigenvalue weighted by Gasteiger charge is 2.38. The molecule has 6 atom stereocenters. The van der Waals surface area contributed by atoms with E-state index in [4.69, 9.17) is 25.8 Å². The van der Waals surface area contributed by atoms with E-state index in [9.17, 15) is 13.8 Å². The Morgan fingerprint density at radius 1 is 1.04 bits per heavy atom. The van der Waals surface area contributed by atoms with Crippen molar-refractivity contribution in [2.45, 2.75) is 90.0 Å². The average Bonchev–Trinajstić information content (AvgIpc) is 3.42. The Hall–Kier alpha value is -3.64. The number of ether oxygens (including phenoxy) is 3. The second kappa shape index (κ2) is 17.0. The zero-order chi connectivity index (χ0) is 37.8. The first-order chi connectivity index (χ1) is 26.1. The van der Waals surface area contributed by atoms with Crippen molar-refractivity contribution < 1.29 is 28.0 Å². The van der Waals surface area contributed by atoms with Gasteiger partial charge in [0.1, 0.15) is 15.7 Å². The summed E-state index contributed by atoms with van der Waals surface area (Å²) in [5.74, 6) is 0.0807. The van der Waals surface area contributed by atoms with Crippen molar-refractivity contribution >= 4 is 39.0 Å². The van der Waals surface area contributed by atoms with Crippen LogP contribution in [0.1, 0.15) is 89.4 Å². The van der Waals surface area contributed by atoms with Crippen molar-refractivity contribution in [2.75, 3.05) is 38.0 Å². The molecule has 1 saturated carbocycles. The molecule has 2 aromatic carbocycles. The number of hydrogen-bond acceptors (Lipinski definition) is 7. The zero-order valence-electron chi connectivity index (χ0n) is 31.6. The van der Waals surface area contributed by atoms with Gasteiger partial charge in [-0.1, -0.05) is 36.7 Å². The van der Waals surface area contributed by atoms with Crippen LogP contribution in [-0.4, -0.2) is 65.9 Å². The first kappa shape index (κ1) is 38.6. The molecule has 290 valence electrons. The van der Waals surface area contributed by atoms with E-state index in [1.165, 1.54) is 11.1 Å². The Kier molecular flexibility index (Phi) is 12.2. The van der Waals surface area contributed by atoms with Crippen LogP contribution in [0.2, 0.25) is 5.02 Å². The molecule has 3 aromatic rings. The van der Waals surface area contributed by atoms with Gasteiger partial charge in [0.2, 0.25) is 0 Å². The fourth-order valence-corrected chi connectivity index (χ4v) is 10.5. The molecule has 7 rings (SSSR count). The monoisotopic (exact) mass is 776 g/mol. The smallest absolute Gasteiger partial charge is 0.286 e. The molecular formula is C42H53ClN4O6S. The minimum absolute atomic E-state index is 0.0113. The third kappa shape index (κ3) is 8.91. The van der Waals surface area contributed by atoms with Gasteiger partial charge in [-0.25, -0.2) is 4.21 Å². The molecule has 0 spiro atoms. The number of nitrogens with zero attached hydrogens (tertiary/aromatic N) is 3. The normalized spacial score (nSPS) is 28.3. The Bertz CT molecular complexity index is 2000. The fraction of sp³-hybridized carbons (Fsp3) is 0.524. The summed E-state index contributed by atoms with van der Waals surface area (Å²) in [6.45, 7) is 4.61. The van der Waals surface area contributed by atoms with Crippen molar-refractivity contribution in [3.8, 4) is 5.75 Å². The van der Waals surface area contributed by atoms with Crippen molar-refractivity contribution in [1.29, 1.82) is 0 Å². The number of anilines is 1. The van der Waals surface area contributed by atoms with Gasteiger partial charge >= 0.3 is 0 Å². The van der Waals surface area contributed by atoms with E-state index in [1.807, 2.05) is 31.2 Å². The summed E-state index contributed by atoms with van der Waals surface area (Å²) in [5.41, 5.74) is 4.86. The van der Waals surface area contributed by atoms with E-state index in [2.05, 4.69) is 42.8 Å². The van der Waals surface area contributed by atoms with E-state index in [-0.39, 0.29) is 29.4 Å². The molecule has 1 fully saturated rings. The summed E-state index contributed by atoms with van der Waals surface area (Å²) in [6.07, 6.45) is 14.0. The predicted molar refractivity (Wildman–Crippen MR) is 213 cm³/mol. The first-order valence-electron chi connectivity index (χ1n) is 19.4. The zero-order valence-corrected chi connectivity index (χ0v) is 33.2. The van der Waals surface area contributed by atoms with E-state index in [1.54, 1.807) is 26.5 Å². The van der Waals surface area contributed by atoms with Gasteiger partial charge in [-0.3, -0.25) is 14.3 Å². The second-order valence-electron chi connectivity index (χ2n) is 15.5. The highest BCUT2D eigenvalue weighted by atomic mass is 35.5. The number of nitrogens with one attached hydrogen (secondary N) is 1. The summed E-state index contributed by atoms with van der Waals surface area (Å²) in [6, 6.07) is 13.3. The lowest BCUT2D eigenvalue weighted by atomic mass is 9.70. The minimum Gasteiger partial charge on any atom is -0.491 e. The lowest BCUT2D eigenvalue weighted by Gasteiger charge is -2.43. The first-order valence-corrected chi connectivity index (χ1v) is 21.5. The van der Waals surface area contributed by atoms with Gasteiger partial charge in [0.15, 0.2) is 0 Å². The number of hydrogen-bond donors (Lipinski definition) is 1. The lowest BCUT2D eigenvalue weighted by Crippen LogP contribution is -2.43.